The van der Waals surface area contributed by atoms with Gasteiger partial charge in [-0.1, -0.05) is 0 Å². The van der Waals surface area contributed by atoms with E-state index in [2.05, 4.69) is 9.72 Å². The van der Waals surface area contributed by atoms with E-state index in [1.54, 1.807) is 4.72 Å². The number of halogens is 5. The van der Waals surface area contributed by atoms with Gasteiger partial charge in [0, 0.05) is 6.07 Å². The summed E-state index contributed by atoms with van der Waals surface area (Å²) in [5.41, 5.74) is 0. The van der Waals surface area contributed by atoms with E-state index >= 15 is 0 Å². The highest BCUT2D eigenvalue weighted by molar-refractivity contribution is 7.89. The van der Waals surface area contributed by atoms with Crippen LogP contribution < -0.4 is 9.46 Å². The maximum absolute atomic E-state index is 11.9. The predicted octanol–water partition coefficient (Wildman–Crippen LogP) is 1.57. The third-order valence-electron chi connectivity index (χ3n) is 1.83. The molecule has 1 N–H and O–H groups in total. The number of nitrogens with one attached hydrogen (secondary N) is 1. The second kappa shape index (κ2) is 6.31. The van der Waals surface area contributed by atoms with Crippen LogP contribution in [-0.4, -0.2) is 39.2 Å². The van der Waals surface area contributed by atoms with Crippen molar-refractivity contribution in [2.24, 2.45) is 0 Å². The van der Waals surface area contributed by atoms with Gasteiger partial charge in [-0.2, -0.15) is 13.2 Å². The van der Waals surface area contributed by atoms with E-state index in [1.165, 1.54) is 0 Å². The molecule has 1 rings (SSSR count). The molecule has 5 nitrogen and oxygen atoms in total. The Morgan fingerprint density at radius 2 is 1.95 bits per heavy atom. The fourth-order valence-electron chi connectivity index (χ4n) is 1.02. The monoisotopic (exact) mass is 320 g/mol. The van der Waals surface area contributed by atoms with Crippen LogP contribution in [0.4, 0.5) is 22.0 Å². The van der Waals surface area contributed by atoms with Gasteiger partial charge < -0.3 is 4.74 Å². The van der Waals surface area contributed by atoms with Crippen LogP contribution in [0.1, 0.15) is 0 Å². The van der Waals surface area contributed by atoms with Gasteiger partial charge in [0.15, 0.2) is 6.61 Å². The second-order valence-corrected chi connectivity index (χ2v) is 5.25. The minimum absolute atomic E-state index is 0.435. The van der Waals surface area contributed by atoms with E-state index in [1.807, 2.05) is 0 Å². The lowest BCUT2D eigenvalue weighted by Gasteiger charge is -2.09. The molecule has 0 saturated heterocycles. The molecule has 0 aliphatic rings. The first-order chi connectivity index (χ1) is 9.10. The van der Waals surface area contributed by atoms with E-state index in [-0.39, 0.29) is 0 Å². The van der Waals surface area contributed by atoms with Crippen LogP contribution in [0.5, 0.6) is 5.88 Å². The summed E-state index contributed by atoms with van der Waals surface area (Å²) >= 11 is 0. The molecule has 1 heterocycles. The minimum Gasteiger partial charge on any atom is -0.468 e. The minimum atomic E-state index is -4.55. The average molecular weight is 320 g/mol. The zero-order valence-electron chi connectivity index (χ0n) is 9.69. The summed E-state index contributed by atoms with van der Waals surface area (Å²) in [6.07, 6.45) is -6.71. The van der Waals surface area contributed by atoms with Gasteiger partial charge in [-0.25, -0.2) is 26.9 Å². The lowest BCUT2D eigenvalue weighted by Crippen LogP contribution is -2.28. The quantitative estimate of drug-likeness (QED) is 0.808. The number of ether oxygens (including phenoxy) is 1. The van der Waals surface area contributed by atoms with Crippen LogP contribution in [-0.2, 0) is 10.0 Å². The Labute approximate surface area is 110 Å². The summed E-state index contributed by atoms with van der Waals surface area (Å²) in [6, 6.07) is 1.79. The van der Waals surface area contributed by atoms with Crippen molar-refractivity contribution in [1.29, 1.82) is 0 Å². The van der Waals surface area contributed by atoms with Gasteiger partial charge in [-0.15, -0.1) is 0 Å². The van der Waals surface area contributed by atoms with Gasteiger partial charge in [-0.3, -0.25) is 0 Å². The number of rotatable bonds is 6. The van der Waals surface area contributed by atoms with E-state index in [9.17, 15) is 30.4 Å². The van der Waals surface area contributed by atoms with Gasteiger partial charge in [0.2, 0.25) is 15.9 Å². The summed E-state index contributed by atoms with van der Waals surface area (Å²) in [5.74, 6) is -0.435. The summed E-state index contributed by atoms with van der Waals surface area (Å²) in [7, 11) is -4.19. The number of alkyl halides is 5. The van der Waals surface area contributed by atoms with Crippen LogP contribution in [0.25, 0.3) is 0 Å². The molecule has 0 atom stereocenters. The van der Waals surface area contributed by atoms with Gasteiger partial charge in [-0.05, 0) is 6.07 Å². The summed E-state index contributed by atoms with van der Waals surface area (Å²) in [4.78, 5) is 2.89. The lowest BCUT2D eigenvalue weighted by molar-refractivity contribution is -0.154. The molecule has 0 radical (unpaired) electrons. The predicted molar refractivity (Wildman–Crippen MR) is 57.0 cm³/mol. The highest BCUT2D eigenvalue weighted by Gasteiger charge is 2.28. The lowest BCUT2D eigenvalue weighted by atomic mass is 10.5. The topological polar surface area (TPSA) is 68.3 Å². The fourth-order valence-corrected chi connectivity index (χ4v) is 1.97. The molecule has 0 bridgehead atoms. The maximum Gasteiger partial charge on any atom is 0.422 e. The Hall–Kier alpha value is -1.49. The first kappa shape index (κ1) is 16.6. The summed E-state index contributed by atoms with van der Waals surface area (Å²) in [5, 5.41) is 0. The molecule has 20 heavy (non-hydrogen) atoms. The molecule has 0 saturated carbocycles. The van der Waals surface area contributed by atoms with Crippen LogP contribution in [0.2, 0.25) is 0 Å². The maximum atomic E-state index is 11.9. The second-order valence-electron chi connectivity index (χ2n) is 3.48. The van der Waals surface area contributed by atoms with Crippen molar-refractivity contribution in [3.63, 3.8) is 0 Å². The highest BCUT2D eigenvalue weighted by Crippen LogP contribution is 2.18. The standard InChI is InChI=1S/C9H9F5N2O3S/c10-7(11)4-16-20(17,18)6-1-2-8(15-3-6)19-5-9(12,13)14/h1-3,7,16H,4-5H2. The van der Waals surface area contributed by atoms with Crippen LogP contribution in [0, 0.1) is 0 Å². The Kier molecular flexibility index (Phi) is 5.22. The zero-order valence-corrected chi connectivity index (χ0v) is 10.5. The molecule has 0 spiro atoms. The molecule has 0 aliphatic carbocycles. The summed E-state index contributed by atoms with van der Waals surface area (Å²) < 4.78 is 88.1. The van der Waals surface area contributed by atoms with Crippen molar-refractivity contribution in [1.82, 2.24) is 9.71 Å². The van der Waals surface area contributed by atoms with Gasteiger partial charge >= 0.3 is 6.18 Å². The first-order valence-corrected chi connectivity index (χ1v) is 6.52. The Morgan fingerprint density at radius 1 is 1.30 bits per heavy atom. The van der Waals surface area contributed by atoms with Crippen molar-refractivity contribution in [3.05, 3.63) is 18.3 Å². The van der Waals surface area contributed by atoms with E-state index in [4.69, 9.17) is 0 Å². The largest absolute Gasteiger partial charge is 0.468 e. The Morgan fingerprint density at radius 3 is 2.40 bits per heavy atom. The molecule has 0 aliphatic heterocycles. The Bertz CT molecular complexity index is 530. The van der Waals surface area contributed by atoms with Gasteiger partial charge in [0.05, 0.1) is 12.7 Å². The van der Waals surface area contributed by atoms with E-state index < -0.39 is 46.6 Å². The first-order valence-electron chi connectivity index (χ1n) is 5.03. The van der Waals surface area contributed by atoms with Gasteiger partial charge in [0.1, 0.15) is 4.90 Å². The third-order valence-corrected chi connectivity index (χ3v) is 3.24. The normalized spacial score (nSPS) is 12.7. The highest BCUT2D eigenvalue weighted by atomic mass is 32.2. The summed E-state index contributed by atoms with van der Waals surface area (Å²) in [6.45, 7) is -2.65. The van der Waals surface area contributed by atoms with Crippen molar-refractivity contribution < 1.29 is 35.1 Å². The van der Waals surface area contributed by atoms with E-state index in [0.717, 1.165) is 12.1 Å². The number of sulfonamides is 1. The smallest absolute Gasteiger partial charge is 0.422 e. The van der Waals surface area contributed by atoms with Crippen molar-refractivity contribution in [2.45, 2.75) is 17.5 Å². The molecule has 1 aromatic rings. The average Bonchev–Trinajstić information content (AvgIpc) is 2.34. The van der Waals surface area contributed by atoms with Crippen LogP contribution >= 0.6 is 0 Å². The number of nitrogens with zero attached hydrogens (tertiary/aromatic N) is 1. The number of aromatic nitrogens is 1. The molecule has 11 heteroatoms. The Balaban J connectivity index is 2.71. The molecule has 114 valence electrons. The molecular formula is C9H9F5N2O3S. The van der Waals surface area contributed by atoms with Crippen molar-refractivity contribution >= 4 is 10.0 Å². The van der Waals surface area contributed by atoms with Gasteiger partial charge in [0.25, 0.3) is 6.43 Å². The molecule has 0 fully saturated rings. The molecule has 1 aromatic heterocycles. The molecule has 0 unspecified atom stereocenters. The van der Waals surface area contributed by atoms with E-state index in [0.29, 0.717) is 6.20 Å². The number of pyridine rings is 1. The molecular weight excluding hydrogens is 311 g/mol. The fraction of sp³-hybridized carbons (Fsp3) is 0.444. The number of hydrogen-bond acceptors (Lipinski definition) is 4. The SMILES string of the molecule is O=S(=O)(NCC(F)F)c1ccc(OCC(F)(F)F)nc1. The third kappa shape index (κ3) is 5.65. The molecule has 0 aromatic carbocycles. The van der Waals surface area contributed by atoms with Crippen molar-refractivity contribution in [2.75, 3.05) is 13.2 Å². The van der Waals surface area contributed by atoms with Crippen LogP contribution in [0.15, 0.2) is 23.2 Å². The molecule has 0 amide bonds. The number of hydrogen-bond donors (Lipinski definition) is 1. The van der Waals surface area contributed by atoms with Crippen LogP contribution in [0.3, 0.4) is 0 Å². The van der Waals surface area contributed by atoms with Crippen molar-refractivity contribution in [3.8, 4) is 5.88 Å². The zero-order chi connectivity index (χ0) is 15.4.